The molecule has 7 nitrogen and oxygen atoms in total. The van der Waals surface area contributed by atoms with Crippen molar-refractivity contribution in [2.75, 3.05) is 12.9 Å². The first-order chi connectivity index (χ1) is 15.1. The van der Waals surface area contributed by atoms with Crippen LogP contribution in [-0.2, 0) is 13.0 Å². The second-order valence-corrected chi connectivity index (χ2v) is 8.30. The SMILES string of the molecule is COc1ccc(Cc2nnc(SCCCCn3cnc4c(C)cccc4c3=O)o2)cc1. The molecule has 0 aliphatic rings. The average molecular weight is 437 g/mol. The van der Waals surface area contributed by atoms with Crippen molar-refractivity contribution < 1.29 is 9.15 Å². The van der Waals surface area contributed by atoms with Crippen LogP contribution in [-0.4, -0.2) is 32.6 Å². The number of ether oxygens (including phenoxy) is 1. The summed E-state index contributed by atoms with van der Waals surface area (Å²) in [6.07, 6.45) is 4.04. The van der Waals surface area contributed by atoms with Gasteiger partial charge in [0.1, 0.15) is 5.75 Å². The predicted molar refractivity (Wildman–Crippen MR) is 121 cm³/mol. The molecule has 2 aromatic carbocycles. The minimum atomic E-state index is 0.0152. The second kappa shape index (κ2) is 9.78. The van der Waals surface area contributed by atoms with E-state index in [1.54, 1.807) is 18.0 Å². The fraction of sp³-hybridized carbons (Fsp3) is 0.304. The van der Waals surface area contributed by atoms with Crippen LogP contribution in [0.5, 0.6) is 5.75 Å². The molecule has 0 unspecified atom stereocenters. The minimum absolute atomic E-state index is 0.0152. The normalized spacial score (nSPS) is 11.2. The number of hydrogen-bond donors (Lipinski definition) is 0. The first-order valence-corrected chi connectivity index (χ1v) is 11.2. The summed E-state index contributed by atoms with van der Waals surface area (Å²) in [6, 6.07) is 13.5. The van der Waals surface area contributed by atoms with Crippen molar-refractivity contribution in [2.45, 2.75) is 38.0 Å². The summed E-state index contributed by atoms with van der Waals surface area (Å²) in [4.78, 5) is 17.1. The number of benzene rings is 2. The number of hydrogen-bond acceptors (Lipinski definition) is 7. The van der Waals surface area contributed by atoms with Crippen LogP contribution in [0.1, 0.15) is 29.9 Å². The van der Waals surface area contributed by atoms with Crippen molar-refractivity contribution in [1.82, 2.24) is 19.7 Å². The van der Waals surface area contributed by atoms with Crippen molar-refractivity contribution in [1.29, 1.82) is 0 Å². The molecule has 0 spiro atoms. The molecule has 2 heterocycles. The summed E-state index contributed by atoms with van der Waals surface area (Å²) >= 11 is 1.54. The second-order valence-electron chi connectivity index (χ2n) is 7.26. The minimum Gasteiger partial charge on any atom is -0.497 e. The predicted octanol–water partition coefficient (Wildman–Crippen LogP) is 4.26. The standard InChI is InChI=1S/C23H24N4O3S/c1-16-6-5-7-19-21(16)24-15-27(22(19)28)12-3-4-13-31-23-26-25-20(30-23)14-17-8-10-18(29-2)11-9-17/h5-11,15H,3-4,12-14H2,1-2H3. The smallest absolute Gasteiger partial charge is 0.276 e. The molecule has 0 aliphatic carbocycles. The molecule has 0 radical (unpaired) electrons. The zero-order valence-corrected chi connectivity index (χ0v) is 18.4. The highest BCUT2D eigenvalue weighted by atomic mass is 32.2. The Morgan fingerprint density at radius 2 is 1.94 bits per heavy atom. The third-order valence-electron chi connectivity index (χ3n) is 5.04. The third kappa shape index (κ3) is 5.14. The van der Waals surface area contributed by atoms with Gasteiger partial charge in [-0.1, -0.05) is 36.0 Å². The molecular formula is C23H24N4O3S. The molecule has 4 rings (SSSR count). The van der Waals surface area contributed by atoms with Gasteiger partial charge in [-0.15, -0.1) is 10.2 Å². The van der Waals surface area contributed by atoms with Crippen molar-refractivity contribution in [3.63, 3.8) is 0 Å². The highest BCUT2D eigenvalue weighted by Crippen LogP contribution is 2.20. The van der Waals surface area contributed by atoms with E-state index in [-0.39, 0.29) is 5.56 Å². The van der Waals surface area contributed by atoms with E-state index in [1.165, 1.54) is 11.8 Å². The lowest BCUT2D eigenvalue weighted by Crippen LogP contribution is -2.21. The van der Waals surface area contributed by atoms with Crippen molar-refractivity contribution in [3.05, 3.63) is 76.2 Å². The van der Waals surface area contributed by atoms with Crippen LogP contribution in [0.3, 0.4) is 0 Å². The number of fused-ring (bicyclic) bond motifs is 1. The van der Waals surface area contributed by atoms with E-state index in [0.29, 0.717) is 29.5 Å². The lowest BCUT2D eigenvalue weighted by Gasteiger charge is -2.07. The van der Waals surface area contributed by atoms with Crippen LogP contribution in [0.2, 0.25) is 0 Å². The Hall–Kier alpha value is -3.13. The Bertz CT molecular complexity index is 1220. The van der Waals surface area contributed by atoms with Gasteiger partial charge >= 0.3 is 0 Å². The molecule has 4 aromatic rings. The van der Waals surface area contributed by atoms with Gasteiger partial charge in [0, 0.05) is 12.3 Å². The van der Waals surface area contributed by atoms with Gasteiger partial charge in [0.2, 0.25) is 5.89 Å². The molecule has 8 heteroatoms. The molecule has 0 saturated carbocycles. The maximum absolute atomic E-state index is 12.6. The number of methoxy groups -OCH3 is 1. The Balaban J connectivity index is 1.25. The maximum atomic E-state index is 12.6. The van der Waals surface area contributed by atoms with Crippen LogP contribution in [0, 0.1) is 6.92 Å². The molecular weight excluding hydrogens is 412 g/mol. The first-order valence-electron chi connectivity index (χ1n) is 10.2. The third-order valence-corrected chi connectivity index (χ3v) is 5.94. The van der Waals surface area contributed by atoms with Crippen LogP contribution in [0.15, 0.2) is 63.2 Å². The topological polar surface area (TPSA) is 83.0 Å². The van der Waals surface area contributed by atoms with E-state index in [1.807, 2.05) is 49.4 Å². The Labute approximate surface area is 184 Å². The summed E-state index contributed by atoms with van der Waals surface area (Å²) in [5.41, 5.74) is 2.90. The number of rotatable bonds is 9. The van der Waals surface area contributed by atoms with Gasteiger partial charge in [-0.05, 0) is 49.1 Å². The molecule has 31 heavy (non-hydrogen) atoms. The molecule has 0 N–H and O–H groups in total. The van der Waals surface area contributed by atoms with Gasteiger partial charge in [0.05, 0.1) is 30.8 Å². The van der Waals surface area contributed by atoms with E-state index >= 15 is 0 Å². The first kappa shape index (κ1) is 21.1. The zero-order valence-electron chi connectivity index (χ0n) is 17.6. The number of thioether (sulfide) groups is 1. The summed E-state index contributed by atoms with van der Waals surface area (Å²) in [5.74, 6) is 2.26. The number of aryl methyl sites for hydroxylation is 2. The van der Waals surface area contributed by atoms with Gasteiger partial charge in [0.25, 0.3) is 10.8 Å². The number of unbranched alkanes of at least 4 members (excludes halogenated alkanes) is 1. The molecule has 0 aliphatic heterocycles. The van der Waals surface area contributed by atoms with Gasteiger partial charge in [-0.2, -0.15) is 0 Å². The molecule has 0 saturated heterocycles. The average Bonchev–Trinajstić information content (AvgIpc) is 3.23. The van der Waals surface area contributed by atoms with Gasteiger partial charge in [-0.3, -0.25) is 9.36 Å². The number of para-hydroxylation sites is 1. The van der Waals surface area contributed by atoms with Crippen LogP contribution in [0.25, 0.3) is 10.9 Å². The quantitative estimate of drug-likeness (QED) is 0.286. The lowest BCUT2D eigenvalue weighted by molar-refractivity contribution is 0.413. The van der Waals surface area contributed by atoms with E-state index in [0.717, 1.165) is 41.0 Å². The van der Waals surface area contributed by atoms with Crippen LogP contribution >= 0.6 is 11.8 Å². The lowest BCUT2D eigenvalue weighted by atomic mass is 10.1. The van der Waals surface area contributed by atoms with Crippen molar-refractivity contribution in [3.8, 4) is 5.75 Å². The molecule has 0 bridgehead atoms. The van der Waals surface area contributed by atoms with Gasteiger partial charge in [-0.25, -0.2) is 4.98 Å². The summed E-state index contributed by atoms with van der Waals surface area (Å²) in [6.45, 7) is 2.61. The number of aromatic nitrogens is 4. The van der Waals surface area contributed by atoms with E-state index in [4.69, 9.17) is 9.15 Å². The van der Waals surface area contributed by atoms with Crippen molar-refractivity contribution >= 4 is 22.7 Å². The highest BCUT2D eigenvalue weighted by Gasteiger charge is 2.09. The molecule has 0 atom stereocenters. The fourth-order valence-corrected chi connectivity index (χ4v) is 4.10. The van der Waals surface area contributed by atoms with E-state index in [2.05, 4.69) is 15.2 Å². The Morgan fingerprint density at radius 1 is 1.10 bits per heavy atom. The van der Waals surface area contributed by atoms with Crippen LogP contribution < -0.4 is 10.3 Å². The molecule has 0 amide bonds. The van der Waals surface area contributed by atoms with Crippen molar-refractivity contribution in [2.24, 2.45) is 0 Å². The molecule has 160 valence electrons. The Morgan fingerprint density at radius 3 is 2.74 bits per heavy atom. The van der Waals surface area contributed by atoms with Gasteiger partial charge in [0.15, 0.2) is 0 Å². The highest BCUT2D eigenvalue weighted by molar-refractivity contribution is 7.99. The van der Waals surface area contributed by atoms with E-state index < -0.39 is 0 Å². The Kier molecular flexibility index (Phi) is 6.66. The maximum Gasteiger partial charge on any atom is 0.276 e. The van der Waals surface area contributed by atoms with Gasteiger partial charge < -0.3 is 9.15 Å². The monoisotopic (exact) mass is 436 g/mol. The molecule has 0 fully saturated rings. The van der Waals surface area contributed by atoms with E-state index in [9.17, 15) is 4.79 Å². The fourth-order valence-electron chi connectivity index (χ4n) is 3.33. The largest absolute Gasteiger partial charge is 0.497 e. The number of nitrogens with zero attached hydrogens (tertiary/aromatic N) is 4. The summed E-state index contributed by atoms with van der Waals surface area (Å²) in [7, 11) is 1.65. The van der Waals surface area contributed by atoms with Crippen LogP contribution in [0.4, 0.5) is 0 Å². The summed E-state index contributed by atoms with van der Waals surface area (Å²) in [5, 5.41) is 9.49. The summed E-state index contributed by atoms with van der Waals surface area (Å²) < 4.78 is 12.6. The molecule has 2 aromatic heterocycles. The zero-order chi connectivity index (χ0) is 21.6.